The smallest absolute Gasteiger partial charge is 0.100 e. The summed E-state index contributed by atoms with van der Waals surface area (Å²) >= 11 is 0. The zero-order chi connectivity index (χ0) is 18.4. The van der Waals surface area contributed by atoms with Crippen molar-refractivity contribution in [2.75, 3.05) is 0 Å². The van der Waals surface area contributed by atoms with Crippen LogP contribution in [0.3, 0.4) is 0 Å². The molecule has 0 saturated heterocycles. The summed E-state index contributed by atoms with van der Waals surface area (Å²) in [5, 5.41) is 0. The van der Waals surface area contributed by atoms with Gasteiger partial charge in [0.1, 0.15) is 6.15 Å². The minimum Gasteiger partial charge on any atom is -0.231 e. The van der Waals surface area contributed by atoms with Crippen LogP contribution in [0.4, 0.5) is 0 Å². The summed E-state index contributed by atoms with van der Waals surface area (Å²) in [5.41, 5.74) is 5.18. The van der Waals surface area contributed by atoms with E-state index in [0.717, 1.165) is 0 Å². The Morgan fingerprint density at radius 3 is 1.11 bits per heavy atom. The van der Waals surface area contributed by atoms with Crippen LogP contribution in [0.1, 0.15) is 5.56 Å². The van der Waals surface area contributed by atoms with Gasteiger partial charge in [0.2, 0.25) is 0 Å². The summed E-state index contributed by atoms with van der Waals surface area (Å²) in [5.74, 6) is 2.40. The molecule has 0 bridgehead atoms. The monoisotopic (exact) mass is 345 g/mol. The molecule has 27 heavy (non-hydrogen) atoms. The zero-order valence-electron chi connectivity index (χ0n) is 15.3. The van der Waals surface area contributed by atoms with Crippen molar-refractivity contribution in [1.82, 2.24) is 0 Å². The summed E-state index contributed by atoms with van der Waals surface area (Å²) in [6, 6.07) is 43.1. The molecule has 0 fully saturated rings. The van der Waals surface area contributed by atoms with Gasteiger partial charge in [0.25, 0.3) is 0 Å². The summed E-state index contributed by atoms with van der Waals surface area (Å²) in [7, 11) is 0. The molecular formula is C26H22B-. The fourth-order valence-corrected chi connectivity index (χ4v) is 4.00. The average Bonchev–Trinajstić information content (AvgIpc) is 2.77. The van der Waals surface area contributed by atoms with Crippen molar-refractivity contribution in [2.24, 2.45) is 0 Å². The molecule has 130 valence electrons. The van der Waals surface area contributed by atoms with E-state index in [-0.39, 0.29) is 0 Å². The van der Waals surface area contributed by atoms with Crippen LogP contribution >= 0.6 is 0 Å². The van der Waals surface area contributed by atoms with Crippen LogP contribution < -0.4 is 16.4 Å². The van der Waals surface area contributed by atoms with E-state index < -0.39 is 6.15 Å². The fraction of sp³-hybridized carbons (Fsp3) is 0. The molecule has 1 heteroatoms. The lowest BCUT2D eigenvalue weighted by Crippen LogP contribution is -2.66. The second-order valence-corrected chi connectivity index (χ2v) is 6.93. The average molecular weight is 345 g/mol. The van der Waals surface area contributed by atoms with Gasteiger partial charge in [0, 0.05) is 0 Å². The minimum absolute atomic E-state index is 1.21. The lowest BCUT2D eigenvalue weighted by molar-refractivity contribution is 1.66. The van der Waals surface area contributed by atoms with Gasteiger partial charge in [-0.15, -0.1) is 0 Å². The topological polar surface area (TPSA) is 0 Å². The molecule has 0 N–H and O–H groups in total. The summed E-state index contributed by atoms with van der Waals surface area (Å²) in [6.07, 6.45) is 1.04. The molecule has 0 aromatic heterocycles. The van der Waals surface area contributed by atoms with Gasteiger partial charge >= 0.3 is 0 Å². The first kappa shape index (κ1) is 17.1. The Labute approximate surface area is 161 Å². The first-order chi connectivity index (χ1) is 13.4. The van der Waals surface area contributed by atoms with Crippen LogP contribution in [0.2, 0.25) is 0 Å². The third-order valence-corrected chi connectivity index (χ3v) is 5.35. The van der Waals surface area contributed by atoms with E-state index in [1.165, 1.54) is 22.0 Å². The van der Waals surface area contributed by atoms with E-state index in [9.17, 15) is 0 Å². The van der Waals surface area contributed by atoms with Crippen LogP contribution in [0.15, 0.2) is 127 Å². The molecule has 0 heterocycles. The van der Waals surface area contributed by atoms with E-state index in [2.05, 4.69) is 133 Å². The van der Waals surface area contributed by atoms with Gasteiger partial charge in [-0.3, -0.25) is 0 Å². The molecule has 0 saturated carbocycles. The van der Waals surface area contributed by atoms with Crippen molar-refractivity contribution >= 4 is 28.6 Å². The highest BCUT2D eigenvalue weighted by Gasteiger charge is 2.26. The third-order valence-electron chi connectivity index (χ3n) is 5.35. The summed E-state index contributed by atoms with van der Waals surface area (Å²) in [4.78, 5) is 0. The molecule has 0 unspecified atom stereocenters. The molecule has 0 aliphatic rings. The normalized spacial score (nSPS) is 11.6. The molecule has 0 amide bonds. The predicted molar refractivity (Wildman–Crippen MR) is 119 cm³/mol. The quantitative estimate of drug-likeness (QED) is 0.470. The van der Waals surface area contributed by atoms with Gasteiger partial charge in [-0.05, 0) is 5.56 Å². The predicted octanol–water partition coefficient (Wildman–Crippen LogP) is 4.41. The maximum absolute atomic E-state index is 2.40. The molecule has 0 radical (unpaired) electrons. The van der Waals surface area contributed by atoms with Crippen molar-refractivity contribution in [3.05, 3.63) is 133 Å². The number of hydrogen-bond acceptors (Lipinski definition) is 0. The van der Waals surface area contributed by atoms with E-state index in [0.29, 0.717) is 0 Å². The first-order valence-corrected chi connectivity index (χ1v) is 9.46. The van der Waals surface area contributed by atoms with Crippen molar-refractivity contribution in [3.63, 3.8) is 0 Å². The summed E-state index contributed by atoms with van der Waals surface area (Å²) in [6.45, 7) is 0. The van der Waals surface area contributed by atoms with E-state index >= 15 is 0 Å². The zero-order valence-corrected chi connectivity index (χ0v) is 15.3. The SMILES string of the molecule is C(=C[B-](c1ccccc1)(c1ccccc1)c1ccccc1)c1ccccc1. The second-order valence-electron chi connectivity index (χ2n) is 6.93. The molecule has 0 spiro atoms. The molecule has 0 aliphatic heterocycles. The number of benzene rings is 4. The molecule has 4 aromatic rings. The molecule has 4 rings (SSSR count). The standard InChI is InChI=1S/C26H22B/c1-5-13-23(14-6-1)21-22-27(24-15-7-2-8-16-24,25-17-9-3-10-18-25)26-19-11-4-12-20-26/h1-22H/q-1. The molecule has 4 aromatic carbocycles. The van der Waals surface area contributed by atoms with Gasteiger partial charge in [-0.25, -0.2) is 5.98 Å². The summed E-state index contributed by atoms with van der Waals surface area (Å²) < 4.78 is 0. The van der Waals surface area contributed by atoms with Crippen molar-refractivity contribution < 1.29 is 0 Å². The van der Waals surface area contributed by atoms with Crippen molar-refractivity contribution in [3.8, 4) is 0 Å². The third kappa shape index (κ3) is 3.50. The highest BCUT2D eigenvalue weighted by molar-refractivity contribution is 7.15. The van der Waals surface area contributed by atoms with Crippen LogP contribution in [0, 0.1) is 0 Å². The minimum atomic E-state index is -1.22. The van der Waals surface area contributed by atoms with E-state index in [1.54, 1.807) is 0 Å². The Balaban J connectivity index is 1.99. The first-order valence-electron chi connectivity index (χ1n) is 9.46. The Bertz CT molecular complexity index is 894. The van der Waals surface area contributed by atoms with E-state index in [4.69, 9.17) is 0 Å². The van der Waals surface area contributed by atoms with Gasteiger partial charge in [-0.2, -0.15) is 16.4 Å². The van der Waals surface area contributed by atoms with E-state index in [1.807, 2.05) is 0 Å². The van der Waals surface area contributed by atoms with Crippen LogP contribution in [0.25, 0.3) is 6.08 Å². The van der Waals surface area contributed by atoms with Gasteiger partial charge in [-0.1, -0.05) is 127 Å². The lowest BCUT2D eigenvalue weighted by atomic mass is 9.15. The maximum Gasteiger partial charge on any atom is 0.100 e. The van der Waals surface area contributed by atoms with Crippen LogP contribution in [0.5, 0.6) is 0 Å². The van der Waals surface area contributed by atoms with Crippen molar-refractivity contribution in [1.29, 1.82) is 0 Å². The van der Waals surface area contributed by atoms with Gasteiger partial charge in [0.15, 0.2) is 0 Å². The Kier molecular flexibility index (Phi) is 5.02. The number of hydrogen-bond donors (Lipinski definition) is 0. The van der Waals surface area contributed by atoms with Gasteiger partial charge in [0.05, 0.1) is 0 Å². The maximum atomic E-state index is 2.40. The Morgan fingerprint density at radius 2 is 0.741 bits per heavy atom. The largest absolute Gasteiger partial charge is 0.231 e. The molecule has 0 atom stereocenters. The second kappa shape index (κ2) is 7.93. The molecule has 0 nitrogen and oxygen atoms in total. The lowest BCUT2D eigenvalue weighted by Gasteiger charge is -2.40. The fourth-order valence-electron chi connectivity index (χ4n) is 4.00. The van der Waals surface area contributed by atoms with Crippen molar-refractivity contribution in [2.45, 2.75) is 0 Å². The Hall–Kier alpha value is -3.32. The number of rotatable bonds is 5. The van der Waals surface area contributed by atoms with Crippen LogP contribution in [-0.4, -0.2) is 6.15 Å². The van der Waals surface area contributed by atoms with Gasteiger partial charge < -0.3 is 0 Å². The molecular weight excluding hydrogens is 323 g/mol. The highest BCUT2D eigenvalue weighted by atomic mass is 14.1. The van der Waals surface area contributed by atoms with Crippen LogP contribution in [-0.2, 0) is 0 Å². The molecule has 0 aliphatic carbocycles. The highest BCUT2D eigenvalue weighted by Crippen LogP contribution is 2.12. The Morgan fingerprint density at radius 1 is 0.407 bits per heavy atom.